The molecule has 0 unspecified atom stereocenters. The molecule has 5 nitrogen and oxygen atoms in total. The van der Waals surface area contributed by atoms with Gasteiger partial charge in [-0.05, 0) is 42.3 Å². The third kappa shape index (κ3) is 3.05. The predicted molar refractivity (Wildman–Crippen MR) is 92.3 cm³/mol. The summed E-state index contributed by atoms with van der Waals surface area (Å²) in [5.41, 5.74) is 3.10. The van der Waals surface area contributed by atoms with E-state index in [1.165, 1.54) is 6.26 Å². The highest BCUT2D eigenvalue weighted by molar-refractivity contribution is 7.90. The average Bonchev–Trinajstić information content (AvgIpc) is 2.83. The Bertz CT molecular complexity index is 1030. The van der Waals surface area contributed by atoms with Crippen molar-refractivity contribution in [3.05, 3.63) is 65.4 Å². The third-order valence-corrected chi connectivity index (χ3v) is 5.16. The van der Waals surface area contributed by atoms with Gasteiger partial charge in [0, 0.05) is 29.9 Å². The summed E-state index contributed by atoms with van der Waals surface area (Å²) in [5.74, 6) is -0.959. The molecular weight excluding hydrogens is 326 g/mol. The summed E-state index contributed by atoms with van der Waals surface area (Å²) in [6.07, 6.45) is 3.15. The van der Waals surface area contributed by atoms with Gasteiger partial charge in [-0.1, -0.05) is 18.2 Å². The maximum atomic E-state index is 11.5. The Labute approximate surface area is 140 Å². The van der Waals surface area contributed by atoms with Crippen LogP contribution >= 0.6 is 0 Å². The van der Waals surface area contributed by atoms with Gasteiger partial charge in [0.15, 0.2) is 9.84 Å². The molecule has 24 heavy (non-hydrogen) atoms. The smallest absolute Gasteiger partial charge is 0.335 e. The number of aromatic carboxylic acids is 1. The number of aromatic nitrogens is 1. The number of aryl methyl sites for hydroxylation is 1. The van der Waals surface area contributed by atoms with Crippen LogP contribution < -0.4 is 0 Å². The lowest BCUT2D eigenvalue weighted by atomic mass is 10.1. The molecule has 0 fully saturated rings. The molecule has 1 heterocycles. The van der Waals surface area contributed by atoms with E-state index in [4.69, 9.17) is 0 Å². The molecule has 0 radical (unpaired) electrons. The third-order valence-electron chi connectivity index (χ3n) is 4.03. The fourth-order valence-electron chi connectivity index (χ4n) is 2.78. The van der Waals surface area contributed by atoms with Crippen molar-refractivity contribution < 1.29 is 18.3 Å². The van der Waals surface area contributed by atoms with E-state index in [0.717, 1.165) is 22.0 Å². The standard InChI is InChI=1S/C18H17NO4S/c1-12-10-19(17-9-14(18(20)21)5-8-16(12)17)11-13-3-6-15(7-4-13)24(2,22)23/h3-10H,11H2,1-2H3,(H,20,21). The molecule has 124 valence electrons. The summed E-state index contributed by atoms with van der Waals surface area (Å²) in [6.45, 7) is 2.52. The van der Waals surface area contributed by atoms with E-state index >= 15 is 0 Å². The minimum Gasteiger partial charge on any atom is -0.478 e. The molecule has 1 N–H and O–H groups in total. The zero-order valence-electron chi connectivity index (χ0n) is 13.4. The van der Waals surface area contributed by atoms with Gasteiger partial charge in [0.2, 0.25) is 0 Å². The van der Waals surface area contributed by atoms with Gasteiger partial charge < -0.3 is 9.67 Å². The van der Waals surface area contributed by atoms with Crippen LogP contribution in [0.5, 0.6) is 0 Å². The summed E-state index contributed by atoms with van der Waals surface area (Å²) in [5, 5.41) is 10.2. The molecule has 3 aromatic rings. The Kier molecular flexibility index (Phi) is 3.93. The first-order valence-electron chi connectivity index (χ1n) is 7.37. The van der Waals surface area contributed by atoms with Crippen molar-refractivity contribution in [2.24, 2.45) is 0 Å². The lowest BCUT2D eigenvalue weighted by Crippen LogP contribution is -2.01. The second-order valence-electron chi connectivity index (χ2n) is 5.89. The van der Waals surface area contributed by atoms with Crippen LogP contribution in [0.15, 0.2) is 53.6 Å². The Balaban J connectivity index is 2.00. The number of fused-ring (bicyclic) bond motifs is 1. The molecule has 0 aliphatic heterocycles. The highest BCUT2D eigenvalue weighted by Gasteiger charge is 2.11. The lowest BCUT2D eigenvalue weighted by molar-refractivity contribution is 0.0697. The SMILES string of the molecule is Cc1cn(Cc2ccc(S(C)(=O)=O)cc2)c2cc(C(=O)O)ccc12. The number of carboxylic acid groups (broad SMARTS) is 1. The molecule has 0 aliphatic rings. The van der Waals surface area contributed by atoms with Gasteiger partial charge in [-0.3, -0.25) is 0 Å². The fraction of sp³-hybridized carbons (Fsp3) is 0.167. The number of carbonyl (C=O) groups is 1. The number of rotatable bonds is 4. The monoisotopic (exact) mass is 343 g/mol. The van der Waals surface area contributed by atoms with Crippen molar-refractivity contribution in [3.63, 3.8) is 0 Å². The van der Waals surface area contributed by atoms with Gasteiger partial charge in [0.1, 0.15) is 0 Å². The molecule has 0 amide bonds. The molecule has 0 saturated carbocycles. The summed E-state index contributed by atoms with van der Waals surface area (Å²) >= 11 is 0. The Morgan fingerprint density at radius 3 is 2.38 bits per heavy atom. The average molecular weight is 343 g/mol. The number of benzene rings is 2. The zero-order valence-corrected chi connectivity index (χ0v) is 14.2. The van der Waals surface area contributed by atoms with Gasteiger partial charge in [0.25, 0.3) is 0 Å². The Morgan fingerprint density at radius 1 is 1.12 bits per heavy atom. The summed E-state index contributed by atoms with van der Waals surface area (Å²) < 4.78 is 25.0. The van der Waals surface area contributed by atoms with E-state index in [-0.39, 0.29) is 10.5 Å². The first-order valence-corrected chi connectivity index (χ1v) is 9.26. The van der Waals surface area contributed by atoms with Crippen LogP contribution in [0.4, 0.5) is 0 Å². The topological polar surface area (TPSA) is 76.4 Å². The van der Waals surface area contributed by atoms with Crippen molar-refractivity contribution in [1.82, 2.24) is 4.57 Å². The van der Waals surface area contributed by atoms with Crippen LogP contribution in [-0.4, -0.2) is 30.3 Å². The first-order chi connectivity index (χ1) is 11.3. The van der Waals surface area contributed by atoms with Crippen LogP contribution in [0.2, 0.25) is 0 Å². The number of nitrogens with zero attached hydrogens (tertiary/aromatic N) is 1. The molecule has 0 aliphatic carbocycles. The normalized spacial score (nSPS) is 11.8. The van der Waals surface area contributed by atoms with E-state index in [1.54, 1.807) is 36.4 Å². The zero-order chi connectivity index (χ0) is 17.5. The van der Waals surface area contributed by atoms with Crippen molar-refractivity contribution >= 4 is 26.7 Å². The van der Waals surface area contributed by atoms with Gasteiger partial charge in [-0.25, -0.2) is 13.2 Å². The Morgan fingerprint density at radius 2 is 1.79 bits per heavy atom. The maximum Gasteiger partial charge on any atom is 0.335 e. The van der Waals surface area contributed by atoms with Crippen LogP contribution in [0.25, 0.3) is 10.9 Å². The quantitative estimate of drug-likeness (QED) is 0.790. The molecule has 2 aromatic carbocycles. The van der Waals surface area contributed by atoms with Crippen molar-refractivity contribution in [1.29, 1.82) is 0 Å². The van der Waals surface area contributed by atoms with Gasteiger partial charge in [-0.2, -0.15) is 0 Å². The molecule has 3 rings (SSSR count). The van der Waals surface area contributed by atoms with Crippen LogP contribution in [0, 0.1) is 6.92 Å². The molecular formula is C18H17NO4S. The van der Waals surface area contributed by atoms with Gasteiger partial charge in [-0.15, -0.1) is 0 Å². The number of hydrogen-bond acceptors (Lipinski definition) is 3. The largest absolute Gasteiger partial charge is 0.478 e. The summed E-state index contributed by atoms with van der Waals surface area (Å²) in [7, 11) is -3.21. The van der Waals surface area contributed by atoms with Crippen LogP contribution in [0.1, 0.15) is 21.5 Å². The first kappa shape index (κ1) is 16.3. The minimum atomic E-state index is -3.21. The second kappa shape index (κ2) is 5.79. The van der Waals surface area contributed by atoms with E-state index < -0.39 is 15.8 Å². The fourth-order valence-corrected chi connectivity index (χ4v) is 3.41. The highest BCUT2D eigenvalue weighted by Crippen LogP contribution is 2.23. The molecule has 0 spiro atoms. The van der Waals surface area contributed by atoms with Gasteiger partial charge in [0.05, 0.1) is 10.5 Å². The molecule has 0 saturated heterocycles. The van der Waals surface area contributed by atoms with E-state index in [2.05, 4.69) is 0 Å². The predicted octanol–water partition coefficient (Wildman–Crippen LogP) is 3.10. The Hall–Kier alpha value is -2.60. The summed E-state index contributed by atoms with van der Waals surface area (Å²) in [4.78, 5) is 11.5. The van der Waals surface area contributed by atoms with Crippen LogP contribution in [-0.2, 0) is 16.4 Å². The lowest BCUT2D eigenvalue weighted by Gasteiger charge is -2.07. The van der Waals surface area contributed by atoms with E-state index in [9.17, 15) is 18.3 Å². The van der Waals surface area contributed by atoms with E-state index in [1.807, 2.05) is 23.8 Å². The molecule has 0 atom stereocenters. The second-order valence-corrected chi connectivity index (χ2v) is 7.91. The van der Waals surface area contributed by atoms with Crippen molar-refractivity contribution in [2.45, 2.75) is 18.4 Å². The maximum absolute atomic E-state index is 11.5. The van der Waals surface area contributed by atoms with E-state index in [0.29, 0.717) is 6.54 Å². The molecule has 6 heteroatoms. The minimum absolute atomic E-state index is 0.245. The van der Waals surface area contributed by atoms with Gasteiger partial charge >= 0.3 is 5.97 Å². The number of sulfone groups is 1. The summed E-state index contributed by atoms with van der Waals surface area (Å²) in [6, 6.07) is 11.8. The van der Waals surface area contributed by atoms with Crippen LogP contribution in [0.3, 0.4) is 0 Å². The molecule has 0 bridgehead atoms. The highest BCUT2D eigenvalue weighted by atomic mass is 32.2. The number of carboxylic acids is 1. The molecule has 1 aromatic heterocycles. The number of hydrogen-bond donors (Lipinski definition) is 1. The van der Waals surface area contributed by atoms with Crippen molar-refractivity contribution in [2.75, 3.05) is 6.26 Å². The van der Waals surface area contributed by atoms with Crippen molar-refractivity contribution in [3.8, 4) is 0 Å².